The van der Waals surface area contributed by atoms with E-state index < -0.39 is 0 Å². The lowest BCUT2D eigenvalue weighted by Crippen LogP contribution is -2.26. The number of benzene rings is 2. The van der Waals surface area contributed by atoms with E-state index in [0.717, 1.165) is 29.8 Å². The molecule has 168 valence electrons. The fourth-order valence-corrected chi connectivity index (χ4v) is 4.14. The number of hydrogen-bond donors (Lipinski definition) is 1. The standard InChI is InChI=1S/C25H25N5O2S/c1-32-22-11-9-21(10-12-22)30-24(20-13-16-26-17-14-20)28-29-25(30)33-18-23(31)27-15-5-8-19-6-3-2-4-7-19/h2-4,6-7,9-14,16-17H,5,8,15,18H2,1H3,(H,27,31). The minimum absolute atomic E-state index is 0.0252. The average molecular weight is 460 g/mol. The summed E-state index contributed by atoms with van der Waals surface area (Å²) in [5.74, 6) is 1.69. The fraction of sp³-hybridized carbons (Fsp3) is 0.200. The third-order valence-corrected chi connectivity index (χ3v) is 5.97. The number of methoxy groups -OCH3 is 1. The smallest absolute Gasteiger partial charge is 0.230 e. The summed E-state index contributed by atoms with van der Waals surface area (Å²) in [4.78, 5) is 16.5. The number of nitrogens with one attached hydrogen (secondary N) is 1. The molecular weight excluding hydrogens is 434 g/mol. The number of nitrogens with zero attached hydrogens (tertiary/aromatic N) is 4. The van der Waals surface area contributed by atoms with Crippen LogP contribution in [0.25, 0.3) is 17.1 Å². The van der Waals surface area contributed by atoms with Crippen molar-refractivity contribution in [2.75, 3.05) is 19.4 Å². The van der Waals surface area contributed by atoms with Crippen LogP contribution in [0, 0.1) is 0 Å². The SMILES string of the molecule is COc1ccc(-n2c(SCC(=O)NCCCc3ccccc3)nnc2-c2ccncc2)cc1. The number of hydrogen-bond acceptors (Lipinski definition) is 6. The Kier molecular flexibility index (Phi) is 7.71. The molecule has 2 heterocycles. The van der Waals surface area contributed by atoms with Crippen LogP contribution in [0.2, 0.25) is 0 Å². The van der Waals surface area contributed by atoms with E-state index in [1.807, 2.05) is 59.2 Å². The normalized spacial score (nSPS) is 10.7. The van der Waals surface area contributed by atoms with Gasteiger partial charge in [0.1, 0.15) is 5.75 Å². The maximum atomic E-state index is 12.4. The Hall–Kier alpha value is -3.65. The first-order chi connectivity index (χ1) is 16.2. The molecule has 1 N–H and O–H groups in total. The average Bonchev–Trinajstić information content (AvgIpc) is 3.30. The van der Waals surface area contributed by atoms with Gasteiger partial charge < -0.3 is 10.1 Å². The quantitative estimate of drug-likeness (QED) is 0.283. The first-order valence-corrected chi connectivity index (χ1v) is 11.7. The van der Waals surface area contributed by atoms with E-state index in [4.69, 9.17) is 4.74 Å². The van der Waals surface area contributed by atoms with Crippen molar-refractivity contribution in [3.8, 4) is 22.8 Å². The van der Waals surface area contributed by atoms with Gasteiger partial charge in [0, 0.05) is 30.2 Å². The second-order valence-electron chi connectivity index (χ2n) is 7.30. The zero-order chi connectivity index (χ0) is 22.9. The number of aromatic nitrogens is 4. The van der Waals surface area contributed by atoms with Crippen LogP contribution in [0.4, 0.5) is 0 Å². The van der Waals surface area contributed by atoms with E-state index in [9.17, 15) is 4.79 Å². The zero-order valence-corrected chi connectivity index (χ0v) is 19.2. The molecule has 0 bridgehead atoms. The first kappa shape index (κ1) is 22.5. The second-order valence-corrected chi connectivity index (χ2v) is 8.25. The van der Waals surface area contributed by atoms with Crippen LogP contribution in [-0.2, 0) is 11.2 Å². The van der Waals surface area contributed by atoms with Gasteiger partial charge in [-0.05, 0) is 54.8 Å². The molecule has 2 aromatic carbocycles. The number of pyridine rings is 1. The molecule has 0 spiro atoms. The summed E-state index contributed by atoms with van der Waals surface area (Å²) in [5.41, 5.74) is 3.06. The van der Waals surface area contributed by atoms with Crippen LogP contribution in [0.1, 0.15) is 12.0 Å². The van der Waals surface area contributed by atoms with Crippen LogP contribution < -0.4 is 10.1 Å². The molecule has 7 nitrogen and oxygen atoms in total. The van der Waals surface area contributed by atoms with Crippen LogP contribution in [0.3, 0.4) is 0 Å². The molecule has 0 aliphatic rings. The monoisotopic (exact) mass is 459 g/mol. The molecule has 0 fully saturated rings. The highest BCUT2D eigenvalue weighted by molar-refractivity contribution is 7.99. The number of thioether (sulfide) groups is 1. The van der Waals surface area contributed by atoms with Gasteiger partial charge in [0.05, 0.1) is 12.9 Å². The highest BCUT2D eigenvalue weighted by atomic mass is 32.2. The summed E-state index contributed by atoms with van der Waals surface area (Å²) in [6.45, 7) is 0.641. The lowest BCUT2D eigenvalue weighted by Gasteiger charge is -2.11. The summed E-state index contributed by atoms with van der Waals surface area (Å²) in [7, 11) is 1.63. The predicted molar refractivity (Wildman–Crippen MR) is 130 cm³/mol. The second kappa shape index (κ2) is 11.3. The Morgan fingerprint density at radius 2 is 1.76 bits per heavy atom. The Balaban J connectivity index is 1.42. The van der Waals surface area contributed by atoms with Crippen molar-refractivity contribution in [1.29, 1.82) is 0 Å². The molecule has 33 heavy (non-hydrogen) atoms. The maximum absolute atomic E-state index is 12.4. The molecule has 4 aromatic rings. The number of amides is 1. The van der Waals surface area contributed by atoms with Crippen LogP contribution in [0.5, 0.6) is 5.75 Å². The highest BCUT2D eigenvalue weighted by Gasteiger charge is 2.17. The molecule has 2 aromatic heterocycles. The Morgan fingerprint density at radius 1 is 1.00 bits per heavy atom. The van der Waals surface area contributed by atoms with Crippen molar-refractivity contribution >= 4 is 17.7 Å². The molecule has 4 rings (SSSR count). The topological polar surface area (TPSA) is 81.9 Å². The Bertz CT molecular complexity index is 1160. The van der Waals surface area contributed by atoms with Crippen LogP contribution in [-0.4, -0.2) is 45.1 Å². The van der Waals surface area contributed by atoms with Crippen molar-refractivity contribution in [3.05, 3.63) is 84.7 Å². The molecule has 1 amide bonds. The fourth-order valence-electron chi connectivity index (χ4n) is 3.36. The predicted octanol–water partition coefficient (Wildman–Crippen LogP) is 4.18. The minimum atomic E-state index is -0.0252. The van der Waals surface area contributed by atoms with Crippen molar-refractivity contribution in [2.45, 2.75) is 18.0 Å². The first-order valence-electron chi connectivity index (χ1n) is 10.7. The van der Waals surface area contributed by atoms with Gasteiger partial charge in [0.2, 0.25) is 5.91 Å². The van der Waals surface area contributed by atoms with Crippen molar-refractivity contribution in [2.24, 2.45) is 0 Å². The van der Waals surface area contributed by atoms with Crippen molar-refractivity contribution in [3.63, 3.8) is 0 Å². The van der Waals surface area contributed by atoms with E-state index in [1.54, 1.807) is 19.5 Å². The zero-order valence-electron chi connectivity index (χ0n) is 18.3. The van der Waals surface area contributed by atoms with Crippen LogP contribution in [0.15, 0.2) is 84.3 Å². The molecule has 0 saturated heterocycles. The van der Waals surface area contributed by atoms with Crippen molar-refractivity contribution in [1.82, 2.24) is 25.1 Å². The number of aryl methyl sites for hydroxylation is 1. The molecule has 0 unspecified atom stereocenters. The third kappa shape index (κ3) is 5.98. The lowest BCUT2D eigenvalue weighted by molar-refractivity contribution is -0.118. The van der Waals surface area contributed by atoms with Gasteiger partial charge in [-0.25, -0.2) is 0 Å². The summed E-state index contributed by atoms with van der Waals surface area (Å²) in [6.07, 6.45) is 5.28. The number of rotatable bonds is 10. The van der Waals surface area contributed by atoms with Crippen LogP contribution >= 0.6 is 11.8 Å². The summed E-state index contributed by atoms with van der Waals surface area (Å²) < 4.78 is 7.23. The molecule has 0 aliphatic heterocycles. The maximum Gasteiger partial charge on any atom is 0.230 e. The Morgan fingerprint density at radius 3 is 2.48 bits per heavy atom. The highest BCUT2D eigenvalue weighted by Crippen LogP contribution is 2.28. The molecule has 8 heteroatoms. The van der Waals surface area contributed by atoms with E-state index >= 15 is 0 Å². The largest absolute Gasteiger partial charge is 0.497 e. The van der Waals surface area contributed by atoms with E-state index in [2.05, 4.69) is 32.6 Å². The van der Waals surface area contributed by atoms with Crippen molar-refractivity contribution < 1.29 is 9.53 Å². The molecule has 0 aliphatic carbocycles. The summed E-state index contributed by atoms with van der Waals surface area (Å²) in [5, 5.41) is 12.4. The molecule has 0 saturated carbocycles. The van der Waals surface area contributed by atoms with E-state index in [-0.39, 0.29) is 11.7 Å². The summed E-state index contributed by atoms with van der Waals surface area (Å²) >= 11 is 1.36. The third-order valence-electron chi connectivity index (χ3n) is 5.04. The van der Waals surface area contributed by atoms with Gasteiger partial charge in [0.15, 0.2) is 11.0 Å². The number of ether oxygens (including phenoxy) is 1. The number of carbonyl (C=O) groups excluding carboxylic acids is 1. The van der Waals surface area contributed by atoms with Gasteiger partial charge >= 0.3 is 0 Å². The molecule has 0 radical (unpaired) electrons. The van der Waals surface area contributed by atoms with Gasteiger partial charge in [-0.2, -0.15) is 0 Å². The lowest BCUT2D eigenvalue weighted by atomic mass is 10.1. The van der Waals surface area contributed by atoms with E-state index in [1.165, 1.54) is 17.3 Å². The van der Waals surface area contributed by atoms with Gasteiger partial charge in [-0.1, -0.05) is 42.1 Å². The Labute approximate surface area is 197 Å². The van der Waals surface area contributed by atoms with E-state index in [0.29, 0.717) is 17.5 Å². The number of carbonyl (C=O) groups is 1. The minimum Gasteiger partial charge on any atom is -0.497 e. The molecular formula is C25H25N5O2S. The molecule has 0 atom stereocenters. The summed E-state index contributed by atoms with van der Waals surface area (Å²) in [6, 6.07) is 21.7. The van der Waals surface area contributed by atoms with Gasteiger partial charge in [-0.15, -0.1) is 10.2 Å². The van der Waals surface area contributed by atoms with Gasteiger partial charge in [-0.3, -0.25) is 14.3 Å². The van der Waals surface area contributed by atoms with Gasteiger partial charge in [0.25, 0.3) is 0 Å².